The molecule has 21 heavy (non-hydrogen) atoms. The standard InChI is InChI=1S/C19H11BrS/c20-16-10-14-13-7-3-4-8-17(13)21-19(14)18-12-6-2-1-5-11(12)9-15(16)18/h1-8,10H,9H2. The van der Waals surface area contributed by atoms with Crippen molar-refractivity contribution in [2.45, 2.75) is 6.42 Å². The van der Waals surface area contributed by atoms with E-state index < -0.39 is 0 Å². The predicted molar refractivity (Wildman–Crippen MR) is 95.3 cm³/mol. The molecule has 1 aromatic heterocycles. The smallest absolute Gasteiger partial charge is 0.0437 e. The van der Waals surface area contributed by atoms with Crippen LogP contribution in [0.15, 0.2) is 59.1 Å². The summed E-state index contributed by atoms with van der Waals surface area (Å²) in [5.41, 5.74) is 5.73. The first-order chi connectivity index (χ1) is 10.3. The number of thiophene rings is 1. The minimum Gasteiger partial charge on any atom is -0.135 e. The highest BCUT2D eigenvalue weighted by Crippen LogP contribution is 2.49. The van der Waals surface area contributed by atoms with E-state index in [1.165, 1.54) is 46.9 Å². The molecular weight excluding hydrogens is 340 g/mol. The molecule has 1 heterocycles. The van der Waals surface area contributed by atoms with Gasteiger partial charge in [0, 0.05) is 30.2 Å². The third kappa shape index (κ3) is 1.55. The fourth-order valence-corrected chi connectivity index (χ4v) is 5.27. The van der Waals surface area contributed by atoms with Crippen molar-refractivity contribution in [2.75, 3.05) is 0 Å². The van der Waals surface area contributed by atoms with E-state index in [4.69, 9.17) is 0 Å². The molecule has 0 unspecified atom stereocenters. The van der Waals surface area contributed by atoms with Gasteiger partial charge < -0.3 is 0 Å². The molecule has 1 aliphatic carbocycles. The van der Waals surface area contributed by atoms with Gasteiger partial charge in [-0.15, -0.1) is 11.3 Å². The van der Waals surface area contributed by atoms with Gasteiger partial charge in [-0.1, -0.05) is 58.4 Å². The maximum absolute atomic E-state index is 3.80. The summed E-state index contributed by atoms with van der Waals surface area (Å²) in [6.45, 7) is 0. The first kappa shape index (κ1) is 12.0. The van der Waals surface area contributed by atoms with Crippen LogP contribution in [0.3, 0.4) is 0 Å². The van der Waals surface area contributed by atoms with Crippen LogP contribution < -0.4 is 0 Å². The molecule has 0 saturated heterocycles. The maximum atomic E-state index is 3.80. The van der Waals surface area contributed by atoms with Gasteiger partial charge in [0.25, 0.3) is 0 Å². The lowest BCUT2D eigenvalue weighted by Crippen LogP contribution is -1.83. The van der Waals surface area contributed by atoms with Gasteiger partial charge in [0.2, 0.25) is 0 Å². The number of hydrogen-bond acceptors (Lipinski definition) is 1. The van der Waals surface area contributed by atoms with E-state index in [9.17, 15) is 0 Å². The molecule has 3 aromatic carbocycles. The number of benzene rings is 3. The van der Waals surface area contributed by atoms with Gasteiger partial charge in [-0.3, -0.25) is 0 Å². The Bertz CT molecular complexity index is 1030. The van der Waals surface area contributed by atoms with E-state index in [2.05, 4.69) is 70.5 Å². The van der Waals surface area contributed by atoms with E-state index in [1.807, 2.05) is 11.3 Å². The average Bonchev–Trinajstić information content (AvgIpc) is 3.06. The summed E-state index contributed by atoms with van der Waals surface area (Å²) in [6, 6.07) is 19.8. The fraction of sp³-hybridized carbons (Fsp3) is 0.0526. The molecule has 0 amide bonds. The van der Waals surface area contributed by atoms with Crippen molar-refractivity contribution in [1.29, 1.82) is 0 Å². The second-order valence-electron chi connectivity index (χ2n) is 5.52. The van der Waals surface area contributed by atoms with E-state index in [-0.39, 0.29) is 0 Å². The van der Waals surface area contributed by atoms with Crippen molar-refractivity contribution >= 4 is 47.4 Å². The molecular formula is C19H11BrS. The Labute approximate surface area is 135 Å². The lowest BCUT2D eigenvalue weighted by Gasteiger charge is -2.05. The first-order valence-corrected chi connectivity index (χ1v) is 8.65. The third-order valence-electron chi connectivity index (χ3n) is 4.38. The zero-order valence-electron chi connectivity index (χ0n) is 11.2. The first-order valence-electron chi connectivity index (χ1n) is 7.04. The molecule has 0 aliphatic heterocycles. The molecule has 0 fully saturated rings. The lowest BCUT2D eigenvalue weighted by atomic mass is 10.0. The van der Waals surface area contributed by atoms with Crippen LogP contribution >= 0.6 is 27.3 Å². The van der Waals surface area contributed by atoms with Crippen LogP contribution in [0.1, 0.15) is 11.1 Å². The van der Waals surface area contributed by atoms with Crippen LogP contribution in [0.25, 0.3) is 31.3 Å². The number of hydrogen-bond donors (Lipinski definition) is 0. The van der Waals surface area contributed by atoms with Gasteiger partial charge in [-0.25, -0.2) is 0 Å². The van der Waals surface area contributed by atoms with Crippen molar-refractivity contribution < 1.29 is 0 Å². The Morgan fingerprint density at radius 3 is 2.67 bits per heavy atom. The molecule has 2 heteroatoms. The Hall–Kier alpha value is -1.64. The monoisotopic (exact) mass is 350 g/mol. The van der Waals surface area contributed by atoms with Crippen molar-refractivity contribution in [3.63, 3.8) is 0 Å². The second-order valence-corrected chi connectivity index (χ2v) is 7.43. The van der Waals surface area contributed by atoms with Crippen LogP contribution in [0.4, 0.5) is 0 Å². The number of rotatable bonds is 0. The predicted octanol–water partition coefficient (Wildman–Crippen LogP) is 6.39. The lowest BCUT2D eigenvalue weighted by molar-refractivity contribution is 1.25. The topological polar surface area (TPSA) is 0 Å². The van der Waals surface area contributed by atoms with Crippen LogP contribution in [0.5, 0.6) is 0 Å². The Morgan fingerprint density at radius 2 is 1.71 bits per heavy atom. The average molecular weight is 351 g/mol. The van der Waals surface area contributed by atoms with Gasteiger partial charge in [-0.2, -0.15) is 0 Å². The zero-order valence-corrected chi connectivity index (χ0v) is 13.6. The normalized spacial score (nSPS) is 12.8. The van der Waals surface area contributed by atoms with Crippen LogP contribution in [0.2, 0.25) is 0 Å². The van der Waals surface area contributed by atoms with Crippen LogP contribution in [-0.4, -0.2) is 0 Å². The Kier molecular flexibility index (Phi) is 2.38. The van der Waals surface area contributed by atoms with Gasteiger partial charge in [0.05, 0.1) is 0 Å². The van der Waals surface area contributed by atoms with Crippen LogP contribution in [-0.2, 0) is 6.42 Å². The van der Waals surface area contributed by atoms with Crippen molar-refractivity contribution in [2.24, 2.45) is 0 Å². The molecule has 0 radical (unpaired) electrons. The van der Waals surface area contributed by atoms with Gasteiger partial charge in [0.15, 0.2) is 0 Å². The van der Waals surface area contributed by atoms with E-state index >= 15 is 0 Å². The van der Waals surface area contributed by atoms with Gasteiger partial charge >= 0.3 is 0 Å². The quantitative estimate of drug-likeness (QED) is 0.303. The minimum absolute atomic E-state index is 1.04. The third-order valence-corrected chi connectivity index (χ3v) is 6.29. The van der Waals surface area contributed by atoms with Crippen molar-refractivity contribution in [3.05, 3.63) is 70.2 Å². The number of halogens is 1. The highest BCUT2D eigenvalue weighted by molar-refractivity contribution is 9.10. The summed E-state index contributed by atoms with van der Waals surface area (Å²) < 4.78 is 4.04. The maximum Gasteiger partial charge on any atom is 0.0437 e. The van der Waals surface area contributed by atoms with Crippen LogP contribution in [0, 0.1) is 0 Å². The summed E-state index contributed by atoms with van der Waals surface area (Å²) in [4.78, 5) is 0. The van der Waals surface area contributed by atoms with Gasteiger partial charge in [0.1, 0.15) is 0 Å². The Morgan fingerprint density at radius 1 is 0.905 bits per heavy atom. The molecule has 1 aliphatic rings. The van der Waals surface area contributed by atoms with Crippen molar-refractivity contribution in [3.8, 4) is 11.1 Å². The SMILES string of the molecule is Brc1cc2c(sc3ccccc32)c2c1Cc1ccccc1-2. The molecule has 0 nitrogen and oxygen atoms in total. The molecule has 0 saturated carbocycles. The molecule has 0 N–H and O–H groups in total. The second kappa shape index (κ2) is 4.19. The highest BCUT2D eigenvalue weighted by atomic mass is 79.9. The highest BCUT2D eigenvalue weighted by Gasteiger charge is 2.24. The molecule has 4 aromatic rings. The van der Waals surface area contributed by atoms with Crippen molar-refractivity contribution in [1.82, 2.24) is 0 Å². The minimum atomic E-state index is 1.04. The van der Waals surface area contributed by atoms with E-state index in [1.54, 1.807) is 0 Å². The zero-order chi connectivity index (χ0) is 14.0. The molecule has 0 spiro atoms. The molecule has 5 rings (SSSR count). The van der Waals surface area contributed by atoms with E-state index in [0.29, 0.717) is 0 Å². The summed E-state index contributed by atoms with van der Waals surface area (Å²) >= 11 is 5.72. The van der Waals surface area contributed by atoms with Gasteiger partial charge in [-0.05, 0) is 35.2 Å². The molecule has 100 valence electrons. The molecule has 0 bridgehead atoms. The summed E-state index contributed by atoms with van der Waals surface area (Å²) in [5.74, 6) is 0. The Balaban J connectivity index is 2.02. The fourth-order valence-electron chi connectivity index (χ4n) is 3.43. The van der Waals surface area contributed by atoms with E-state index in [0.717, 1.165) is 6.42 Å². The number of fused-ring (bicyclic) bond motifs is 7. The summed E-state index contributed by atoms with van der Waals surface area (Å²) in [6.07, 6.45) is 1.04. The summed E-state index contributed by atoms with van der Waals surface area (Å²) in [5, 5.41) is 2.74. The summed E-state index contributed by atoms with van der Waals surface area (Å²) in [7, 11) is 0. The molecule has 0 atom stereocenters. The largest absolute Gasteiger partial charge is 0.135 e.